The summed E-state index contributed by atoms with van der Waals surface area (Å²) in [7, 11) is 0. The standard InChI is InChI=1S/C17H21N3O2S/c1-12-4-2-3-5-13(12)14-10-23-16(19-14)20-15(21)17(11-18)6-8-22-9-7-17/h2-5,10H,6-9,11,18H2,1H3,(H,19,20,21). The third-order valence-electron chi connectivity index (χ3n) is 4.47. The molecule has 122 valence electrons. The van der Waals surface area contributed by atoms with Crippen LogP contribution in [-0.4, -0.2) is 30.6 Å². The van der Waals surface area contributed by atoms with E-state index in [2.05, 4.69) is 23.3 Å². The maximum Gasteiger partial charge on any atom is 0.233 e. The Morgan fingerprint density at radius 2 is 2.13 bits per heavy atom. The molecule has 3 N–H and O–H groups in total. The van der Waals surface area contributed by atoms with Crippen LogP contribution in [0, 0.1) is 12.3 Å². The zero-order valence-electron chi connectivity index (χ0n) is 13.2. The number of rotatable bonds is 4. The van der Waals surface area contributed by atoms with Crippen LogP contribution >= 0.6 is 11.3 Å². The van der Waals surface area contributed by atoms with Crippen molar-refractivity contribution in [1.82, 2.24) is 4.98 Å². The first-order valence-electron chi connectivity index (χ1n) is 7.75. The van der Waals surface area contributed by atoms with Crippen LogP contribution in [0.25, 0.3) is 11.3 Å². The van der Waals surface area contributed by atoms with Gasteiger partial charge in [-0.1, -0.05) is 24.3 Å². The minimum Gasteiger partial charge on any atom is -0.381 e. The fraction of sp³-hybridized carbons (Fsp3) is 0.412. The Hall–Kier alpha value is -1.76. The summed E-state index contributed by atoms with van der Waals surface area (Å²) >= 11 is 1.44. The Morgan fingerprint density at radius 3 is 2.83 bits per heavy atom. The van der Waals surface area contributed by atoms with Gasteiger partial charge in [0.05, 0.1) is 11.1 Å². The van der Waals surface area contributed by atoms with Gasteiger partial charge in [-0.15, -0.1) is 11.3 Å². The number of hydrogen-bond acceptors (Lipinski definition) is 5. The number of aromatic nitrogens is 1. The molecule has 0 unspecified atom stereocenters. The minimum absolute atomic E-state index is 0.0472. The zero-order valence-corrected chi connectivity index (χ0v) is 14.0. The molecule has 0 aliphatic carbocycles. The lowest BCUT2D eigenvalue weighted by Crippen LogP contribution is -2.46. The first-order valence-corrected chi connectivity index (χ1v) is 8.63. The van der Waals surface area contributed by atoms with Gasteiger partial charge in [-0.25, -0.2) is 4.98 Å². The molecule has 23 heavy (non-hydrogen) atoms. The average molecular weight is 331 g/mol. The molecule has 2 heterocycles. The number of thiazole rings is 1. The van der Waals surface area contributed by atoms with E-state index in [0.29, 0.717) is 37.7 Å². The highest BCUT2D eigenvalue weighted by molar-refractivity contribution is 7.14. The molecule has 0 saturated carbocycles. The van der Waals surface area contributed by atoms with E-state index in [0.717, 1.165) is 11.3 Å². The number of nitrogens with zero attached hydrogens (tertiary/aromatic N) is 1. The number of anilines is 1. The largest absolute Gasteiger partial charge is 0.381 e. The second-order valence-corrected chi connectivity index (χ2v) is 6.76. The van der Waals surface area contributed by atoms with Gasteiger partial charge in [0.25, 0.3) is 0 Å². The first-order chi connectivity index (χ1) is 11.1. The van der Waals surface area contributed by atoms with Crippen molar-refractivity contribution >= 4 is 22.4 Å². The highest BCUT2D eigenvalue weighted by atomic mass is 32.1. The van der Waals surface area contributed by atoms with Gasteiger partial charge in [0.15, 0.2) is 5.13 Å². The predicted octanol–water partition coefficient (Wildman–Crippen LogP) is 2.81. The Morgan fingerprint density at radius 1 is 1.39 bits per heavy atom. The van der Waals surface area contributed by atoms with E-state index >= 15 is 0 Å². The molecule has 5 nitrogen and oxygen atoms in total. The van der Waals surface area contributed by atoms with Gasteiger partial charge in [-0.2, -0.15) is 0 Å². The number of nitrogens with one attached hydrogen (secondary N) is 1. The van der Waals surface area contributed by atoms with E-state index in [-0.39, 0.29) is 5.91 Å². The van der Waals surface area contributed by atoms with E-state index in [4.69, 9.17) is 10.5 Å². The van der Waals surface area contributed by atoms with E-state index in [1.54, 1.807) is 0 Å². The fourth-order valence-corrected chi connectivity index (χ4v) is 3.54. The molecule has 6 heteroatoms. The maximum absolute atomic E-state index is 12.7. The summed E-state index contributed by atoms with van der Waals surface area (Å²) in [5.74, 6) is -0.0472. The van der Waals surface area contributed by atoms with E-state index in [1.165, 1.54) is 16.9 Å². The summed E-state index contributed by atoms with van der Waals surface area (Å²) in [5.41, 5.74) is 8.48. The van der Waals surface area contributed by atoms with Crippen LogP contribution in [0.3, 0.4) is 0 Å². The molecule has 1 aliphatic rings. The Kier molecular flexibility index (Phi) is 4.75. The van der Waals surface area contributed by atoms with Crippen molar-refractivity contribution in [1.29, 1.82) is 0 Å². The van der Waals surface area contributed by atoms with Gasteiger partial charge < -0.3 is 15.8 Å². The zero-order chi connectivity index (χ0) is 16.3. The normalized spacial score (nSPS) is 17.0. The first kappa shape index (κ1) is 16.1. The number of amides is 1. The third-order valence-corrected chi connectivity index (χ3v) is 5.23. The smallest absolute Gasteiger partial charge is 0.233 e. The molecule has 2 aromatic rings. The topological polar surface area (TPSA) is 77.2 Å². The molecule has 0 spiro atoms. The summed E-state index contributed by atoms with van der Waals surface area (Å²) in [4.78, 5) is 17.2. The van der Waals surface area contributed by atoms with Gasteiger partial charge in [0.1, 0.15) is 0 Å². The van der Waals surface area contributed by atoms with E-state index in [1.807, 2.05) is 23.6 Å². The lowest BCUT2D eigenvalue weighted by atomic mass is 9.79. The Labute approximate surface area is 139 Å². The summed E-state index contributed by atoms with van der Waals surface area (Å²) in [6.07, 6.45) is 1.32. The Balaban J connectivity index is 1.76. The molecule has 1 aliphatic heterocycles. The highest BCUT2D eigenvalue weighted by Crippen LogP contribution is 2.32. The number of carbonyl (C=O) groups excluding carboxylic acids is 1. The number of hydrogen-bond donors (Lipinski definition) is 2. The van der Waals surface area contributed by atoms with Gasteiger partial charge in [0.2, 0.25) is 5.91 Å². The molecule has 0 radical (unpaired) electrons. The highest BCUT2D eigenvalue weighted by Gasteiger charge is 2.39. The third kappa shape index (κ3) is 3.29. The van der Waals surface area contributed by atoms with Crippen LogP contribution in [-0.2, 0) is 9.53 Å². The Bertz CT molecular complexity index is 693. The van der Waals surface area contributed by atoms with E-state index < -0.39 is 5.41 Å². The van der Waals surface area contributed by atoms with Crippen LogP contribution in [0.5, 0.6) is 0 Å². The number of carbonyl (C=O) groups is 1. The molecule has 1 aromatic carbocycles. The molecule has 1 saturated heterocycles. The van der Waals surface area contributed by atoms with Gasteiger partial charge in [-0.05, 0) is 25.3 Å². The second kappa shape index (κ2) is 6.78. The van der Waals surface area contributed by atoms with Crippen LogP contribution < -0.4 is 11.1 Å². The van der Waals surface area contributed by atoms with Gasteiger partial charge in [-0.3, -0.25) is 4.79 Å². The van der Waals surface area contributed by atoms with Crippen molar-refractivity contribution in [3.63, 3.8) is 0 Å². The summed E-state index contributed by atoms with van der Waals surface area (Å²) in [5, 5.41) is 5.53. The average Bonchev–Trinajstić information content (AvgIpc) is 3.04. The van der Waals surface area contributed by atoms with Crippen LogP contribution in [0.4, 0.5) is 5.13 Å². The molecular formula is C17H21N3O2S. The number of ether oxygens (including phenoxy) is 1. The molecule has 3 rings (SSSR count). The lowest BCUT2D eigenvalue weighted by Gasteiger charge is -2.34. The predicted molar refractivity (Wildman–Crippen MR) is 92.5 cm³/mol. The summed E-state index contributed by atoms with van der Waals surface area (Å²) < 4.78 is 5.35. The summed E-state index contributed by atoms with van der Waals surface area (Å²) in [6, 6.07) is 8.09. The molecule has 0 atom stereocenters. The van der Waals surface area contributed by atoms with Crippen LogP contribution in [0.15, 0.2) is 29.6 Å². The maximum atomic E-state index is 12.7. The van der Waals surface area contributed by atoms with Crippen molar-refractivity contribution < 1.29 is 9.53 Å². The molecule has 1 aromatic heterocycles. The van der Waals surface area contributed by atoms with Crippen molar-refractivity contribution in [2.24, 2.45) is 11.1 Å². The van der Waals surface area contributed by atoms with Crippen LogP contribution in [0.2, 0.25) is 0 Å². The number of benzene rings is 1. The minimum atomic E-state index is -0.535. The van der Waals surface area contributed by atoms with Crippen molar-refractivity contribution in [2.45, 2.75) is 19.8 Å². The number of nitrogens with two attached hydrogens (primary N) is 1. The molecule has 0 bridgehead atoms. The SMILES string of the molecule is Cc1ccccc1-c1csc(NC(=O)C2(CN)CCOCC2)n1. The van der Waals surface area contributed by atoms with Gasteiger partial charge in [0, 0.05) is 30.7 Å². The monoisotopic (exact) mass is 331 g/mol. The number of aryl methyl sites for hydroxylation is 1. The van der Waals surface area contributed by atoms with Gasteiger partial charge >= 0.3 is 0 Å². The van der Waals surface area contributed by atoms with Crippen molar-refractivity contribution in [2.75, 3.05) is 25.1 Å². The fourth-order valence-electron chi connectivity index (χ4n) is 2.83. The molecule has 1 fully saturated rings. The molecule has 1 amide bonds. The van der Waals surface area contributed by atoms with Crippen LogP contribution in [0.1, 0.15) is 18.4 Å². The van der Waals surface area contributed by atoms with Crippen molar-refractivity contribution in [3.8, 4) is 11.3 Å². The summed E-state index contributed by atoms with van der Waals surface area (Å²) in [6.45, 7) is 3.55. The van der Waals surface area contributed by atoms with Crippen molar-refractivity contribution in [3.05, 3.63) is 35.2 Å². The molecular weight excluding hydrogens is 310 g/mol. The van der Waals surface area contributed by atoms with E-state index in [9.17, 15) is 4.79 Å². The quantitative estimate of drug-likeness (QED) is 0.903. The lowest BCUT2D eigenvalue weighted by molar-refractivity contribution is -0.130. The second-order valence-electron chi connectivity index (χ2n) is 5.90.